The van der Waals surface area contributed by atoms with Gasteiger partial charge in [-0.3, -0.25) is 0 Å². The molecule has 0 aliphatic carbocycles. The second-order valence-corrected chi connectivity index (χ2v) is 5.55. The molecule has 2 aromatic heterocycles. The summed E-state index contributed by atoms with van der Waals surface area (Å²) in [4.78, 5) is 4.56. The molecular weight excluding hydrogens is 272 g/mol. The molecule has 5 heteroatoms. The second kappa shape index (κ2) is 5.64. The first-order valence-electron chi connectivity index (χ1n) is 6.46. The molecule has 0 radical (unpaired) electrons. The molecule has 0 fully saturated rings. The van der Waals surface area contributed by atoms with Gasteiger partial charge in [-0.05, 0) is 19.1 Å². The van der Waals surface area contributed by atoms with Crippen LogP contribution in [-0.2, 0) is 4.74 Å². The molecule has 104 valence electrons. The van der Waals surface area contributed by atoms with Crippen molar-refractivity contribution in [3.63, 3.8) is 0 Å². The molecule has 4 nitrogen and oxygen atoms in total. The van der Waals surface area contributed by atoms with Gasteiger partial charge in [0.25, 0.3) is 0 Å². The van der Waals surface area contributed by atoms with Gasteiger partial charge in [-0.2, -0.15) is 0 Å². The van der Waals surface area contributed by atoms with E-state index < -0.39 is 0 Å². The summed E-state index contributed by atoms with van der Waals surface area (Å²) in [6.07, 6.45) is 0. The van der Waals surface area contributed by atoms with Crippen LogP contribution in [0, 0.1) is 0 Å². The number of benzene rings is 1. The summed E-state index contributed by atoms with van der Waals surface area (Å²) in [6, 6.07) is 10.2. The number of ether oxygens (including phenoxy) is 1. The van der Waals surface area contributed by atoms with Crippen molar-refractivity contribution in [3.05, 3.63) is 35.7 Å². The zero-order valence-electron chi connectivity index (χ0n) is 11.4. The molecular formula is C15H16N2O2S. The third-order valence-electron chi connectivity index (χ3n) is 2.97. The molecule has 3 rings (SSSR count). The highest BCUT2D eigenvalue weighted by molar-refractivity contribution is 7.14. The number of hydrogen-bond donors (Lipinski definition) is 1. The van der Waals surface area contributed by atoms with E-state index in [1.54, 1.807) is 18.4 Å². The fraction of sp³-hybridized carbons (Fsp3) is 0.267. The molecule has 0 unspecified atom stereocenters. The summed E-state index contributed by atoms with van der Waals surface area (Å²) in [7, 11) is 1.69. The van der Waals surface area contributed by atoms with Crippen molar-refractivity contribution in [2.45, 2.75) is 13.0 Å². The van der Waals surface area contributed by atoms with Crippen molar-refractivity contribution in [1.82, 2.24) is 4.98 Å². The third-order valence-corrected chi connectivity index (χ3v) is 3.74. The van der Waals surface area contributed by atoms with Crippen molar-refractivity contribution < 1.29 is 9.15 Å². The number of nitrogens with one attached hydrogen (secondary N) is 1. The first-order chi connectivity index (χ1) is 9.76. The Hall–Kier alpha value is -1.85. The van der Waals surface area contributed by atoms with Crippen molar-refractivity contribution in [2.24, 2.45) is 0 Å². The molecule has 20 heavy (non-hydrogen) atoms. The minimum Gasteiger partial charge on any atom is -0.454 e. The number of para-hydroxylation sites is 1. The van der Waals surface area contributed by atoms with Gasteiger partial charge < -0.3 is 14.5 Å². The molecule has 1 atom stereocenters. The largest absolute Gasteiger partial charge is 0.454 e. The first-order valence-corrected chi connectivity index (χ1v) is 7.34. The van der Waals surface area contributed by atoms with E-state index in [4.69, 9.17) is 9.15 Å². The number of rotatable bonds is 5. The number of furan rings is 1. The van der Waals surface area contributed by atoms with E-state index in [2.05, 4.69) is 17.2 Å². The van der Waals surface area contributed by atoms with Crippen LogP contribution in [0.25, 0.3) is 22.4 Å². The van der Waals surface area contributed by atoms with Crippen LogP contribution >= 0.6 is 11.3 Å². The van der Waals surface area contributed by atoms with E-state index in [9.17, 15) is 0 Å². The average Bonchev–Trinajstić information content (AvgIpc) is 3.04. The average molecular weight is 288 g/mol. The van der Waals surface area contributed by atoms with Crippen molar-refractivity contribution in [3.8, 4) is 11.5 Å². The lowest BCUT2D eigenvalue weighted by molar-refractivity contribution is 0.190. The van der Waals surface area contributed by atoms with Gasteiger partial charge in [0.1, 0.15) is 11.3 Å². The topological polar surface area (TPSA) is 47.3 Å². The van der Waals surface area contributed by atoms with Crippen LogP contribution in [0.3, 0.4) is 0 Å². The Morgan fingerprint density at radius 2 is 2.25 bits per heavy atom. The zero-order valence-corrected chi connectivity index (χ0v) is 12.2. The number of fused-ring (bicyclic) bond motifs is 1. The van der Waals surface area contributed by atoms with Crippen LogP contribution in [-0.4, -0.2) is 24.7 Å². The van der Waals surface area contributed by atoms with E-state index in [0.717, 1.165) is 27.6 Å². The first kappa shape index (κ1) is 13.1. The fourth-order valence-electron chi connectivity index (χ4n) is 2.06. The van der Waals surface area contributed by atoms with Gasteiger partial charge in [-0.25, -0.2) is 4.98 Å². The maximum atomic E-state index is 5.81. The minimum absolute atomic E-state index is 0.231. The summed E-state index contributed by atoms with van der Waals surface area (Å²) in [6.45, 7) is 2.71. The van der Waals surface area contributed by atoms with Gasteiger partial charge in [0.15, 0.2) is 10.9 Å². The van der Waals surface area contributed by atoms with E-state index >= 15 is 0 Å². The molecule has 0 amide bonds. The molecule has 0 saturated carbocycles. The van der Waals surface area contributed by atoms with Gasteiger partial charge >= 0.3 is 0 Å². The predicted octanol–water partition coefficient (Wildman–Crippen LogP) is 4.00. The maximum Gasteiger partial charge on any atom is 0.183 e. The van der Waals surface area contributed by atoms with Crippen molar-refractivity contribution >= 4 is 27.4 Å². The number of thiazole rings is 1. The maximum absolute atomic E-state index is 5.81. The third kappa shape index (κ3) is 2.69. The van der Waals surface area contributed by atoms with Crippen LogP contribution < -0.4 is 5.32 Å². The van der Waals surface area contributed by atoms with Crippen LogP contribution in [0.2, 0.25) is 0 Å². The lowest BCUT2D eigenvalue weighted by Gasteiger charge is -2.10. The number of anilines is 1. The van der Waals surface area contributed by atoms with E-state index in [-0.39, 0.29) is 6.04 Å². The highest BCUT2D eigenvalue weighted by Gasteiger charge is 2.11. The van der Waals surface area contributed by atoms with Gasteiger partial charge in [0.2, 0.25) is 0 Å². The van der Waals surface area contributed by atoms with Gasteiger partial charge in [0, 0.05) is 23.9 Å². The minimum atomic E-state index is 0.231. The Morgan fingerprint density at radius 3 is 3.05 bits per heavy atom. The molecule has 2 heterocycles. The zero-order chi connectivity index (χ0) is 13.9. The predicted molar refractivity (Wildman–Crippen MR) is 82.3 cm³/mol. The fourth-order valence-corrected chi connectivity index (χ4v) is 2.88. The monoisotopic (exact) mass is 288 g/mol. The molecule has 0 saturated heterocycles. The lowest BCUT2D eigenvalue weighted by Crippen LogP contribution is -2.20. The molecule has 0 aliphatic heterocycles. The van der Waals surface area contributed by atoms with Gasteiger partial charge in [-0.1, -0.05) is 18.2 Å². The van der Waals surface area contributed by atoms with E-state index in [1.807, 2.05) is 35.7 Å². The van der Waals surface area contributed by atoms with Crippen LogP contribution in [0.4, 0.5) is 5.13 Å². The normalized spacial score (nSPS) is 12.7. The molecule has 1 N–H and O–H groups in total. The van der Waals surface area contributed by atoms with E-state index in [1.165, 1.54) is 0 Å². The Kier molecular flexibility index (Phi) is 3.71. The number of methoxy groups -OCH3 is 1. The molecule has 0 spiro atoms. The Bertz CT molecular complexity index is 672. The quantitative estimate of drug-likeness (QED) is 0.770. The van der Waals surface area contributed by atoms with Gasteiger partial charge in [0.05, 0.1) is 6.61 Å². The highest BCUT2D eigenvalue weighted by Crippen LogP contribution is 2.30. The summed E-state index contributed by atoms with van der Waals surface area (Å²) in [5.41, 5.74) is 1.75. The Balaban J connectivity index is 1.82. The van der Waals surface area contributed by atoms with Crippen LogP contribution in [0.15, 0.2) is 40.1 Å². The summed E-state index contributed by atoms with van der Waals surface area (Å²) >= 11 is 1.57. The van der Waals surface area contributed by atoms with Crippen molar-refractivity contribution in [2.75, 3.05) is 19.0 Å². The molecule has 1 aromatic carbocycles. The lowest BCUT2D eigenvalue weighted by atomic mass is 10.2. The smallest absolute Gasteiger partial charge is 0.183 e. The second-order valence-electron chi connectivity index (χ2n) is 4.69. The Morgan fingerprint density at radius 1 is 1.40 bits per heavy atom. The summed E-state index contributed by atoms with van der Waals surface area (Å²) in [5.74, 6) is 0.801. The molecule has 3 aromatic rings. The SMILES string of the molecule is COC[C@@H](C)Nc1nc(-c2cc3ccccc3o2)cs1. The van der Waals surface area contributed by atoms with Crippen LogP contribution in [0.5, 0.6) is 0 Å². The summed E-state index contributed by atoms with van der Waals surface area (Å²) < 4.78 is 10.9. The van der Waals surface area contributed by atoms with Gasteiger partial charge in [-0.15, -0.1) is 11.3 Å². The Labute approximate surface area is 121 Å². The molecule has 0 bridgehead atoms. The highest BCUT2D eigenvalue weighted by atomic mass is 32.1. The van der Waals surface area contributed by atoms with Crippen molar-refractivity contribution in [1.29, 1.82) is 0 Å². The molecule has 0 aliphatic rings. The standard InChI is InChI=1S/C15H16N2O2S/c1-10(8-18-2)16-15-17-12(9-20-15)14-7-11-5-3-4-6-13(11)19-14/h3-7,9-10H,8H2,1-2H3,(H,16,17)/t10-/m1/s1. The van der Waals surface area contributed by atoms with Crippen LogP contribution in [0.1, 0.15) is 6.92 Å². The summed E-state index contributed by atoms with van der Waals surface area (Å²) in [5, 5.41) is 7.28. The number of hydrogen-bond acceptors (Lipinski definition) is 5. The van der Waals surface area contributed by atoms with E-state index in [0.29, 0.717) is 6.61 Å². The number of nitrogens with zero attached hydrogens (tertiary/aromatic N) is 1. The number of aromatic nitrogens is 1.